The molecule has 5 nitrogen and oxygen atoms in total. The van der Waals surface area contributed by atoms with Crippen LogP contribution in [0.1, 0.15) is 15.9 Å². The van der Waals surface area contributed by atoms with Crippen molar-refractivity contribution in [3.63, 3.8) is 0 Å². The molecule has 0 aliphatic heterocycles. The number of carbonyl (C=O) groups is 2. The molecule has 0 fully saturated rings. The van der Waals surface area contributed by atoms with Gasteiger partial charge in [0.05, 0.1) is 6.42 Å². The highest BCUT2D eigenvalue weighted by molar-refractivity contribution is 5.91. The van der Waals surface area contributed by atoms with Gasteiger partial charge in [0.15, 0.2) is 0 Å². The third-order valence-corrected chi connectivity index (χ3v) is 1.99. The van der Waals surface area contributed by atoms with Crippen LogP contribution in [0.2, 0.25) is 0 Å². The summed E-state index contributed by atoms with van der Waals surface area (Å²) in [6.07, 6.45) is 1.31. The van der Waals surface area contributed by atoms with Gasteiger partial charge < -0.3 is 14.9 Å². The molecular formula is C12H12O5. The molecule has 0 aliphatic carbocycles. The predicted octanol–water partition coefficient (Wildman–Crippen LogP) is 1.58. The number of aliphatic carboxylic acids is 1. The summed E-state index contributed by atoms with van der Waals surface area (Å²) in [5.74, 6) is -1.95. The van der Waals surface area contributed by atoms with E-state index in [1.165, 1.54) is 24.3 Å². The van der Waals surface area contributed by atoms with Gasteiger partial charge in [-0.25, -0.2) is 4.79 Å². The minimum absolute atomic E-state index is 0.000916. The molecule has 0 unspecified atom stereocenters. The van der Waals surface area contributed by atoms with Crippen LogP contribution in [0.5, 0.6) is 5.75 Å². The monoisotopic (exact) mass is 236 g/mol. The third-order valence-electron chi connectivity index (χ3n) is 1.99. The number of benzene rings is 1. The van der Waals surface area contributed by atoms with Crippen molar-refractivity contribution < 1.29 is 24.5 Å². The zero-order valence-electron chi connectivity index (χ0n) is 9.05. The summed E-state index contributed by atoms with van der Waals surface area (Å²) in [6.45, 7) is 3.62. The fraction of sp³-hybridized carbons (Fsp3) is 0.167. The maximum Gasteiger partial charge on any atom is 0.339 e. The van der Waals surface area contributed by atoms with E-state index in [1.54, 1.807) is 0 Å². The van der Waals surface area contributed by atoms with Gasteiger partial charge in [-0.05, 0) is 17.7 Å². The average Bonchev–Trinajstić information content (AvgIpc) is 2.25. The number of rotatable bonds is 6. The molecule has 17 heavy (non-hydrogen) atoms. The first-order valence-corrected chi connectivity index (χ1v) is 4.86. The maximum atomic E-state index is 10.9. The average molecular weight is 236 g/mol. The Labute approximate surface area is 98.0 Å². The zero-order chi connectivity index (χ0) is 12.8. The third kappa shape index (κ3) is 3.64. The highest BCUT2D eigenvalue weighted by atomic mass is 16.5. The Kier molecular flexibility index (Phi) is 4.28. The van der Waals surface area contributed by atoms with Gasteiger partial charge in [0.1, 0.15) is 17.9 Å². The molecule has 0 amide bonds. The lowest BCUT2D eigenvalue weighted by molar-refractivity contribution is -0.136. The molecule has 1 aromatic carbocycles. The Morgan fingerprint density at radius 2 is 2.06 bits per heavy atom. The van der Waals surface area contributed by atoms with Gasteiger partial charge >= 0.3 is 11.9 Å². The van der Waals surface area contributed by atoms with Crippen LogP contribution < -0.4 is 4.74 Å². The van der Waals surface area contributed by atoms with E-state index >= 15 is 0 Å². The van der Waals surface area contributed by atoms with Crippen LogP contribution in [-0.4, -0.2) is 28.8 Å². The maximum absolute atomic E-state index is 10.9. The van der Waals surface area contributed by atoms with Gasteiger partial charge in [-0.3, -0.25) is 4.79 Å². The van der Waals surface area contributed by atoms with Crippen LogP contribution in [0, 0.1) is 0 Å². The Balaban J connectivity index is 3.04. The summed E-state index contributed by atoms with van der Waals surface area (Å²) in [7, 11) is 0. The van der Waals surface area contributed by atoms with Gasteiger partial charge in [-0.15, -0.1) is 0 Å². The molecule has 90 valence electrons. The molecule has 0 saturated heterocycles. The molecule has 2 N–H and O–H groups in total. The van der Waals surface area contributed by atoms with Crippen LogP contribution in [0.4, 0.5) is 0 Å². The summed E-state index contributed by atoms with van der Waals surface area (Å²) in [6, 6.07) is 4.21. The highest BCUT2D eigenvalue weighted by Gasteiger charge is 2.12. The van der Waals surface area contributed by atoms with E-state index in [1.807, 2.05) is 0 Å². The van der Waals surface area contributed by atoms with E-state index in [4.69, 9.17) is 14.9 Å². The summed E-state index contributed by atoms with van der Waals surface area (Å²) >= 11 is 0. The summed E-state index contributed by atoms with van der Waals surface area (Å²) in [4.78, 5) is 21.4. The SMILES string of the molecule is C=CCOc1cc(CC(=O)O)ccc1C(=O)O. The first-order valence-electron chi connectivity index (χ1n) is 4.86. The lowest BCUT2D eigenvalue weighted by atomic mass is 10.1. The minimum atomic E-state index is -1.12. The number of carboxylic acid groups (broad SMARTS) is 2. The summed E-state index contributed by atoms with van der Waals surface area (Å²) in [5.41, 5.74) is 0.488. The summed E-state index contributed by atoms with van der Waals surface area (Å²) < 4.78 is 5.18. The van der Waals surface area contributed by atoms with Crippen molar-refractivity contribution in [3.05, 3.63) is 42.0 Å². The first-order chi connectivity index (χ1) is 8.04. The molecular weight excluding hydrogens is 224 g/mol. The molecule has 0 heterocycles. The molecule has 5 heteroatoms. The van der Waals surface area contributed by atoms with E-state index in [9.17, 15) is 9.59 Å². The van der Waals surface area contributed by atoms with Gasteiger partial charge in [-0.2, -0.15) is 0 Å². The number of carboxylic acids is 2. The Morgan fingerprint density at radius 3 is 2.59 bits per heavy atom. The summed E-state index contributed by atoms with van der Waals surface area (Å²) in [5, 5.41) is 17.6. The molecule has 0 aliphatic rings. The molecule has 0 spiro atoms. The van der Waals surface area contributed by atoms with Crippen molar-refractivity contribution >= 4 is 11.9 Å². The highest BCUT2D eigenvalue weighted by Crippen LogP contribution is 2.21. The molecule has 0 aromatic heterocycles. The molecule has 0 bridgehead atoms. The van der Waals surface area contributed by atoms with Crippen molar-refractivity contribution in [3.8, 4) is 5.75 Å². The van der Waals surface area contributed by atoms with Crippen molar-refractivity contribution in [2.45, 2.75) is 6.42 Å². The van der Waals surface area contributed by atoms with Gasteiger partial charge in [0.25, 0.3) is 0 Å². The number of aromatic carboxylic acids is 1. The first kappa shape index (κ1) is 12.8. The van der Waals surface area contributed by atoms with Crippen molar-refractivity contribution in [2.24, 2.45) is 0 Å². The molecule has 0 saturated carbocycles. The normalized spacial score (nSPS) is 9.65. The van der Waals surface area contributed by atoms with Crippen LogP contribution in [0.15, 0.2) is 30.9 Å². The Hall–Kier alpha value is -2.30. The second kappa shape index (κ2) is 5.69. The Bertz CT molecular complexity index is 450. The van der Waals surface area contributed by atoms with Gasteiger partial charge in [0.2, 0.25) is 0 Å². The molecule has 0 radical (unpaired) electrons. The second-order valence-electron chi connectivity index (χ2n) is 3.31. The molecule has 0 atom stereocenters. The van der Waals surface area contributed by atoms with Crippen LogP contribution >= 0.6 is 0 Å². The number of ether oxygens (including phenoxy) is 1. The van der Waals surface area contributed by atoms with E-state index in [0.29, 0.717) is 5.56 Å². The second-order valence-corrected chi connectivity index (χ2v) is 3.31. The van der Waals surface area contributed by atoms with Crippen LogP contribution in [0.3, 0.4) is 0 Å². The minimum Gasteiger partial charge on any atom is -0.489 e. The van der Waals surface area contributed by atoms with Gasteiger partial charge in [-0.1, -0.05) is 18.7 Å². The fourth-order valence-electron chi connectivity index (χ4n) is 1.30. The zero-order valence-corrected chi connectivity index (χ0v) is 9.05. The van der Waals surface area contributed by atoms with E-state index in [2.05, 4.69) is 6.58 Å². The number of hydrogen-bond donors (Lipinski definition) is 2. The van der Waals surface area contributed by atoms with E-state index in [0.717, 1.165) is 0 Å². The standard InChI is InChI=1S/C12H12O5/c1-2-5-17-10-6-8(7-11(13)14)3-4-9(10)12(15)16/h2-4,6H,1,5,7H2,(H,13,14)(H,15,16). The lowest BCUT2D eigenvalue weighted by Gasteiger charge is -2.08. The van der Waals surface area contributed by atoms with Gasteiger partial charge in [0, 0.05) is 0 Å². The van der Waals surface area contributed by atoms with E-state index in [-0.39, 0.29) is 24.3 Å². The Morgan fingerprint density at radius 1 is 1.35 bits per heavy atom. The van der Waals surface area contributed by atoms with Crippen molar-refractivity contribution in [1.82, 2.24) is 0 Å². The number of hydrogen-bond acceptors (Lipinski definition) is 3. The topological polar surface area (TPSA) is 83.8 Å². The van der Waals surface area contributed by atoms with Crippen molar-refractivity contribution in [2.75, 3.05) is 6.61 Å². The predicted molar refractivity (Wildman–Crippen MR) is 60.4 cm³/mol. The fourth-order valence-corrected chi connectivity index (χ4v) is 1.30. The van der Waals surface area contributed by atoms with Crippen LogP contribution in [0.25, 0.3) is 0 Å². The lowest BCUT2D eigenvalue weighted by Crippen LogP contribution is -2.06. The largest absolute Gasteiger partial charge is 0.489 e. The molecule has 1 aromatic rings. The van der Waals surface area contributed by atoms with Crippen LogP contribution in [-0.2, 0) is 11.2 Å². The molecule has 1 rings (SSSR count). The smallest absolute Gasteiger partial charge is 0.339 e. The quantitative estimate of drug-likeness (QED) is 0.732. The van der Waals surface area contributed by atoms with E-state index < -0.39 is 11.9 Å². The van der Waals surface area contributed by atoms with Crippen molar-refractivity contribution in [1.29, 1.82) is 0 Å².